The van der Waals surface area contributed by atoms with E-state index in [0.29, 0.717) is 11.8 Å². The van der Waals surface area contributed by atoms with Crippen LogP contribution in [0.3, 0.4) is 0 Å². The van der Waals surface area contributed by atoms with Gasteiger partial charge in [-0.2, -0.15) is 14.1 Å². The zero-order valence-electron chi connectivity index (χ0n) is 22.6. The van der Waals surface area contributed by atoms with Crippen molar-refractivity contribution in [2.75, 3.05) is 63.1 Å². The first kappa shape index (κ1) is 30.8. The molecule has 1 aliphatic heterocycles. The lowest BCUT2D eigenvalue weighted by atomic mass is 9.98. The van der Waals surface area contributed by atoms with Crippen LogP contribution in [-0.4, -0.2) is 108 Å². The van der Waals surface area contributed by atoms with Crippen LogP contribution in [0.1, 0.15) is 32.1 Å². The average molecular weight is 600 g/mol. The SMILES string of the molecule is O=C(CS(=O)(=O)N1CCN(c2cnn(-c3cc(F)cc(F)c3)c(=O)c2OC2CCCCC2)CC1)N(CCO)CCO. The third-order valence-corrected chi connectivity index (χ3v) is 8.98. The van der Waals surface area contributed by atoms with Gasteiger partial charge in [-0.3, -0.25) is 9.59 Å². The highest BCUT2D eigenvalue weighted by Gasteiger charge is 2.32. The van der Waals surface area contributed by atoms with Crippen LogP contribution < -0.4 is 15.2 Å². The van der Waals surface area contributed by atoms with Gasteiger partial charge < -0.3 is 24.7 Å². The van der Waals surface area contributed by atoms with Gasteiger partial charge in [0.05, 0.1) is 31.2 Å². The standard InChI is InChI=1S/C26H35F2N5O7S/c27-19-14-20(28)16-21(15-19)33-26(37)25(40-22-4-2-1-3-5-22)23(17-29-33)30-6-8-32(9-7-30)41(38,39)18-24(36)31(10-12-34)11-13-35/h14-17,22,34-35H,1-13,18H2. The molecule has 2 N–H and O–H groups in total. The van der Waals surface area contributed by atoms with Crippen LogP contribution in [0.5, 0.6) is 5.75 Å². The zero-order chi connectivity index (χ0) is 29.6. The summed E-state index contributed by atoms with van der Waals surface area (Å²) in [5, 5.41) is 22.4. The summed E-state index contributed by atoms with van der Waals surface area (Å²) in [5.74, 6) is -3.27. The number of halogens is 2. The molecule has 15 heteroatoms. The Hall–Kier alpha value is -3.14. The van der Waals surface area contributed by atoms with Crippen molar-refractivity contribution in [2.45, 2.75) is 38.2 Å². The minimum absolute atomic E-state index is 0.0216. The molecule has 1 amide bonds. The molecule has 41 heavy (non-hydrogen) atoms. The highest BCUT2D eigenvalue weighted by Crippen LogP contribution is 2.30. The highest BCUT2D eigenvalue weighted by molar-refractivity contribution is 7.89. The number of nitrogens with zero attached hydrogens (tertiary/aromatic N) is 5. The Labute approximate surface area is 236 Å². The van der Waals surface area contributed by atoms with E-state index in [0.717, 1.165) is 53.8 Å². The first-order valence-electron chi connectivity index (χ1n) is 13.6. The van der Waals surface area contributed by atoms with E-state index in [1.54, 1.807) is 4.90 Å². The first-order chi connectivity index (χ1) is 19.6. The molecule has 226 valence electrons. The Morgan fingerprint density at radius 3 is 2.20 bits per heavy atom. The van der Waals surface area contributed by atoms with Crippen molar-refractivity contribution in [3.8, 4) is 11.4 Å². The second kappa shape index (κ2) is 13.7. The number of carbonyl (C=O) groups is 1. The van der Waals surface area contributed by atoms with Crippen LogP contribution in [0.2, 0.25) is 0 Å². The molecule has 1 aromatic carbocycles. The quantitative estimate of drug-likeness (QED) is 0.377. The van der Waals surface area contributed by atoms with Crippen molar-refractivity contribution in [3.63, 3.8) is 0 Å². The Balaban J connectivity index is 1.55. The molecule has 12 nitrogen and oxygen atoms in total. The largest absolute Gasteiger partial charge is 0.483 e. The maximum atomic E-state index is 13.9. The number of hydrogen-bond donors (Lipinski definition) is 2. The van der Waals surface area contributed by atoms with E-state index in [-0.39, 0.29) is 70.0 Å². The van der Waals surface area contributed by atoms with E-state index in [4.69, 9.17) is 14.9 Å². The van der Waals surface area contributed by atoms with Crippen molar-refractivity contribution >= 4 is 21.6 Å². The molecular weight excluding hydrogens is 564 g/mol. The van der Waals surface area contributed by atoms with E-state index >= 15 is 0 Å². The van der Waals surface area contributed by atoms with Gasteiger partial charge in [0.15, 0.2) is 0 Å². The van der Waals surface area contributed by atoms with Gasteiger partial charge in [-0.15, -0.1) is 0 Å². The molecule has 0 unspecified atom stereocenters. The zero-order valence-corrected chi connectivity index (χ0v) is 23.4. The predicted octanol–water partition coefficient (Wildman–Crippen LogP) is 0.487. The van der Waals surface area contributed by atoms with Crippen molar-refractivity contribution in [2.24, 2.45) is 0 Å². The maximum absolute atomic E-state index is 13.9. The molecule has 4 rings (SSSR count). The molecule has 1 aliphatic carbocycles. The third kappa shape index (κ3) is 7.58. The lowest BCUT2D eigenvalue weighted by Gasteiger charge is -2.36. The fourth-order valence-electron chi connectivity index (χ4n) is 5.11. The number of ether oxygens (including phenoxy) is 1. The van der Waals surface area contributed by atoms with E-state index in [1.165, 1.54) is 10.5 Å². The number of anilines is 1. The van der Waals surface area contributed by atoms with Gasteiger partial charge in [0.1, 0.15) is 23.1 Å². The van der Waals surface area contributed by atoms with Crippen molar-refractivity contribution in [1.82, 2.24) is 19.0 Å². The van der Waals surface area contributed by atoms with Crippen LogP contribution in [0, 0.1) is 11.6 Å². The summed E-state index contributed by atoms with van der Waals surface area (Å²) in [6, 6.07) is 2.68. The monoisotopic (exact) mass is 599 g/mol. The molecule has 2 heterocycles. The number of hydrogen-bond acceptors (Lipinski definition) is 9. The summed E-state index contributed by atoms with van der Waals surface area (Å²) in [6.45, 7) is -0.516. The van der Waals surface area contributed by atoms with E-state index < -0.39 is 38.9 Å². The lowest BCUT2D eigenvalue weighted by molar-refractivity contribution is -0.129. The molecule has 1 saturated carbocycles. The normalized spacial score (nSPS) is 17.0. The van der Waals surface area contributed by atoms with Crippen LogP contribution in [0.15, 0.2) is 29.2 Å². The van der Waals surface area contributed by atoms with Gasteiger partial charge in [-0.1, -0.05) is 6.42 Å². The summed E-state index contributed by atoms with van der Waals surface area (Å²) in [4.78, 5) is 28.9. The molecule has 0 atom stereocenters. The molecule has 2 aromatic rings. The topological polar surface area (TPSA) is 146 Å². The summed E-state index contributed by atoms with van der Waals surface area (Å²) in [5.41, 5.74) is -0.435. The van der Waals surface area contributed by atoms with Gasteiger partial charge >= 0.3 is 5.56 Å². The number of aromatic nitrogens is 2. The number of piperazine rings is 1. The van der Waals surface area contributed by atoms with Gasteiger partial charge in [0.2, 0.25) is 21.7 Å². The van der Waals surface area contributed by atoms with Crippen molar-refractivity contribution < 1.29 is 36.9 Å². The van der Waals surface area contributed by atoms with Gasteiger partial charge in [-0.25, -0.2) is 17.2 Å². The lowest BCUT2D eigenvalue weighted by Crippen LogP contribution is -2.51. The number of carbonyl (C=O) groups excluding carboxylic acids is 1. The molecule has 2 fully saturated rings. The number of benzene rings is 1. The summed E-state index contributed by atoms with van der Waals surface area (Å²) >= 11 is 0. The number of rotatable bonds is 11. The Bertz CT molecular complexity index is 1350. The van der Waals surface area contributed by atoms with E-state index in [2.05, 4.69) is 5.10 Å². The molecule has 0 bridgehead atoms. The average Bonchev–Trinajstić information content (AvgIpc) is 2.94. The fourth-order valence-corrected chi connectivity index (χ4v) is 6.51. The van der Waals surface area contributed by atoms with E-state index in [1.807, 2.05) is 0 Å². The molecule has 2 aliphatic rings. The minimum atomic E-state index is -3.99. The fraction of sp³-hybridized carbons (Fsp3) is 0.577. The number of sulfonamides is 1. The predicted molar refractivity (Wildman–Crippen MR) is 146 cm³/mol. The van der Waals surface area contributed by atoms with Gasteiger partial charge in [0.25, 0.3) is 0 Å². The smallest absolute Gasteiger partial charge is 0.316 e. The number of aliphatic hydroxyl groups is 2. The first-order valence-corrected chi connectivity index (χ1v) is 15.2. The molecule has 1 saturated heterocycles. The Morgan fingerprint density at radius 2 is 1.61 bits per heavy atom. The second-order valence-corrected chi connectivity index (χ2v) is 12.0. The second-order valence-electron chi connectivity index (χ2n) is 10.1. The van der Waals surface area contributed by atoms with Crippen LogP contribution in [0.25, 0.3) is 5.69 Å². The minimum Gasteiger partial charge on any atom is -0.483 e. The molecule has 0 radical (unpaired) electrons. The van der Waals surface area contributed by atoms with Gasteiger partial charge in [-0.05, 0) is 37.8 Å². The summed E-state index contributed by atoms with van der Waals surface area (Å²) in [7, 11) is -3.99. The Morgan fingerprint density at radius 1 is 1.00 bits per heavy atom. The van der Waals surface area contributed by atoms with Gasteiger partial charge in [0, 0.05) is 45.3 Å². The van der Waals surface area contributed by atoms with Crippen molar-refractivity contribution in [3.05, 3.63) is 46.4 Å². The van der Waals surface area contributed by atoms with Crippen LogP contribution >= 0.6 is 0 Å². The number of amides is 1. The summed E-state index contributed by atoms with van der Waals surface area (Å²) in [6.07, 6.45) is 5.60. The Kier molecular flexibility index (Phi) is 10.3. The maximum Gasteiger partial charge on any atom is 0.316 e. The van der Waals surface area contributed by atoms with Crippen LogP contribution in [0.4, 0.5) is 14.5 Å². The summed E-state index contributed by atoms with van der Waals surface area (Å²) < 4.78 is 62.0. The van der Waals surface area contributed by atoms with Crippen LogP contribution in [-0.2, 0) is 14.8 Å². The van der Waals surface area contributed by atoms with E-state index in [9.17, 15) is 26.8 Å². The molecular formula is C26H35F2N5O7S. The third-order valence-electron chi connectivity index (χ3n) is 7.21. The number of aliphatic hydroxyl groups excluding tert-OH is 2. The molecule has 0 spiro atoms. The highest BCUT2D eigenvalue weighted by atomic mass is 32.2. The van der Waals surface area contributed by atoms with Crippen molar-refractivity contribution in [1.29, 1.82) is 0 Å². The molecule has 1 aromatic heterocycles.